The zero-order chi connectivity index (χ0) is 11.7. The van der Waals surface area contributed by atoms with E-state index in [1.165, 1.54) is 6.07 Å². The van der Waals surface area contributed by atoms with E-state index >= 15 is 0 Å². The number of benzene rings is 1. The van der Waals surface area contributed by atoms with Crippen molar-refractivity contribution in [3.63, 3.8) is 0 Å². The monoisotopic (exact) mass is 241 g/mol. The molecule has 0 aliphatic carbocycles. The Morgan fingerprint density at radius 3 is 2.75 bits per heavy atom. The number of hydrogen-bond acceptors (Lipinski definition) is 4. The lowest BCUT2D eigenvalue weighted by Gasteiger charge is -2.37. The molecule has 5 nitrogen and oxygen atoms in total. The van der Waals surface area contributed by atoms with E-state index in [0.29, 0.717) is 10.7 Å². The minimum absolute atomic E-state index is 0.0573. The van der Waals surface area contributed by atoms with E-state index in [9.17, 15) is 10.1 Å². The van der Waals surface area contributed by atoms with Crippen LogP contribution in [0.1, 0.15) is 0 Å². The molecular formula is C10H12ClN3O2. The summed E-state index contributed by atoms with van der Waals surface area (Å²) in [6, 6.07) is 5.02. The van der Waals surface area contributed by atoms with Crippen LogP contribution in [-0.4, -0.2) is 31.1 Å². The summed E-state index contributed by atoms with van der Waals surface area (Å²) in [6.07, 6.45) is 0. The van der Waals surface area contributed by atoms with Crippen molar-refractivity contribution in [3.05, 3.63) is 33.3 Å². The van der Waals surface area contributed by atoms with Crippen molar-refractivity contribution in [2.24, 2.45) is 0 Å². The molecule has 1 saturated heterocycles. The van der Waals surface area contributed by atoms with Crippen LogP contribution >= 0.6 is 11.6 Å². The average Bonchev–Trinajstić information content (AvgIpc) is 2.14. The molecule has 0 saturated carbocycles. The number of nitro groups is 1. The summed E-state index contributed by atoms with van der Waals surface area (Å²) >= 11 is 6.03. The molecule has 1 aliphatic rings. The lowest BCUT2D eigenvalue weighted by molar-refractivity contribution is -0.384. The third kappa shape index (κ3) is 1.83. The summed E-state index contributed by atoms with van der Waals surface area (Å²) in [5, 5.41) is 14.5. The van der Waals surface area contributed by atoms with Crippen molar-refractivity contribution in [2.75, 3.05) is 25.0 Å². The Kier molecular flexibility index (Phi) is 2.98. The molecule has 0 bridgehead atoms. The van der Waals surface area contributed by atoms with Gasteiger partial charge in [-0.15, -0.1) is 0 Å². The molecule has 1 heterocycles. The second-order valence-electron chi connectivity index (χ2n) is 3.79. The lowest BCUT2D eigenvalue weighted by atomic mass is 10.1. The molecule has 0 radical (unpaired) electrons. The van der Waals surface area contributed by atoms with E-state index in [4.69, 9.17) is 11.6 Å². The summed E-state index contributed by atoms with van der Waals surface area (Å²) in [5.74, 6) is 0. The summed E-state index contributed by atoms with van der Waals surface area (Å²) in [4.78, 5) is 12.4. The molecule has 0 unspecified atom stereocenters. The Balaban J connectivity index is 2.40. The van der Waals surface area contributed by atoms with Crippen LogP contribution in [-0.2, 0) is 0 Å². The molecule has 1 aromatic rings. The molecule has 1 N–H and O–H groups in total. The predicted molar refractivity (Wildman–Crippen MR) is 63.2 cm³/mol. The van der Waals surface area contributed by atoms with Crippen LogP contribution in [0.15, 0.2) is 18.2 Å². The molecule has 1 aliphatic heterocycles. The van der Waals surface area contributed by atoms with Crippen LogP contribution in [0, 0.1) is 10.1 Å². The highest BCUT2D eigenvalue weighted by Gasteiger charge is 2.28. The van der Waals surface area contributed by atoms with Gasteiger partial charge in [0.2, 0.25) is 0 Å². The van der Waals surface area contributed by atoms with Crippen LogP contribution in [0.3, 0.4) is 0 Å². The first kappa shape index (κ1) is 11.2. The summed E-state index contributed by atoms with van der Waals surface area (Å²) in [5.41, 5.74) is 0.558. The van der Waals surface area contributed by atoms with Crippen molar-refractivity contribution in [1.29, 1.82) is 0 Å². The Bertz CT molecular complexity index is 421. The quantitative estimate of drug-likeness (QED) is 0.646. The van der Waals surface area contributed by atoms with Crippen LogP contribution in [0.2, 0.25) is 5.02 Å². The largest absolute Gasteiger partial charge is 0.362 e. The van der Waals surface area contributed by atoms with Gasteiger partial charge in [-0.05, 0) is 6.07 Å². The van der Waals surface area contributed by atoms with Gasteiger partial charge in [0.15, 0.2) is 0 Å². The second-order valence-corrected chi connectivity index (χ2v) is 4.19. The first-order valence-corrected chi connectivity index (χ1v) is 5.35. The number of nitrogens with zero attached hydrogens (tertiary/aromatic N) is 2. The SMILES string of the molecule is CN(c1c(Cl)cccc1[N+](=O)[O-])C1CNC1. The molecule has 0 spiro atoms. The van der Waals surface area contributed by atoms with Crippen molar-refractivity contribution < 1.29 is 4.92 Å². The number of likely N-dealkylation sites (N-methyl/N-ethyl adjacent to an activating group) is 1. The molecule has 16 heavy (non-hydrogen) atoms. The fourth-order valence-corrected chi connectivity index (χ4v) is 2.03. The van der Waals surface area contributed by atoms with Gasteiger partial charge >= 0.3 is 0 Å². The van der Waals surface area contributed by atoms with Gasteiger partial charge in [0, 0.05) is 26.2 Å². The zero-order valence-electron chi connectivity index (χ0n) is 8.81. The van der Waals surface area contributed by atoms with Gasteiger partial charge in [0.1, 0.15) is 5.69 Å². The third-order valence-electron chi connectivity index (χ3n) is 2.82. The Morgan fingerprint density at radius 2 is 2.25 bits per heavy atom. The van der Waals surface area contributed by atoms with Crippen molar-refractivity contribution in [3.8, 4) is 0 Å². The Morgan fingerprint density at radius 1 is 1.56 bits per heavy atom. The van der Waals surface area contributed by atoms with Crippen molar-refractivity contribution >= 4 is 23.0 Å². The van der Waals surface area contributed by atoms with Crippen LogP contribution in [0.5, 0.6) is 0 Å². The van der Waals surface area contributed by atoms with Crippen molar-refractivity contribution in [1.82, 2.24) is 5.32 Å². The summed E-state index contributed by atoms with van der Waals surface area (Å²) in [6.45, 7) is 1.66. The van der Waals surface area contributed by atoms with Gasteiger partial charge in [-0.1, -0.05) is 17.7 Å². The van der Waals surface area contributed by atoms with E-state index in [-0.39, 0.29) is 11.7 Å². The van der Waals surface area contributed by atoms with Gasteiger partial charge in [-0.25, -0.2) is 0 Å². The zero-order valence-corrected chi connectivity index (χ0v) is 9.57. The number of halogens is 1. The maximum absolute atomic E-state index is 10.9. The molecule has 1 fully saturated rings. The first-order chi connectivity index (χ1) is 7.61. The molecule has 1 aromatic carbocycles. The van der Waals surface area contributed by atoms with Gasteiger partial charge < -0.3 is 10.2 Å². The minimum atomic E-state index is -0.399. The van der Waals surface area contributed by atoms with Gasteiger partial charge in [-0.2, -0.15) is 0 Å². The topological polar surface area (TPSA) is 58.4 Å². The van der Waals surface area contributed by atoms with E-state index in [1.807, 2.05) is 11.9 Å². The molecule has 0 atom stereocenters. The maximum atomic E-state index is 10.9. The molecular weight excluding hydrogens is 230 g/mol. The highest BCUT2D eigenvalue weighted by atomic mass is 35.5. The predicted octanol–water partition coefficient (Wildman–Crippen LogP) is 1.66. The van der Waals surface area contributed by atoms with Crippen molar-refractivity contribution in [2.45, 2.75) is 6.04 Å². The number of anilines is 1. The fourth-order valence-electron chi connectivity index (χ4n) is 1.73. The normalized spacial score (nSPS) is 15.6. The van der Waals surface area contributed by atoms with Crippen LogP contribution in [0.25, 0.3) is 0 Å². The maximum Gasteiger partial charge on any atom is 0.294 e. The number of nitrogens with one attached hydrogen (secondary N) is 1. The van der Waals surface area contributed by atoms with Crippen LogP contribution < -0.4 is 10.2 Å². The Hall–Kier alpha value is -1.33. The highest BCUT2D eigenvalue weighted by molar-refractivity contribution is 6.33. The summed E-state index contributed by atoms with van der Waals surface area (Å²) < 4.78 is 0. The molecule has 0 amide bonds. The minimum Gasteiger partial charge on any atom is -0.362 e. The summed E-state index contributed by atoms with van der Waals surface area (Å²) in [7, 11) is 1.83. The molecule has 2 rings (SSSR count). The fraction of sp³-hybridized carbons (Fsp3) is 0.400. The smallest absolute Gasteiger partial charge is 0.294 e. The van der Waals surface area contributed by atoms with Crippen LogP contribution in [0.4, 0.5) is 11.4 Å². The van der Waals surface area contributed by atoms with Gasteiger partial charge in [0.05, 0.1) is 16.0 Å². The van der Waals surface area contributed by atoms with Gasteiger partial charge in [-0.3, -0.25) is 10.1 Å². The highest BCUT2D eigenvalue weighted by Crippen LogP contribution is 2.35. The number of nitro benzene ring substituents is 1. The number of para-hydroxylation sites is 1. The van der Waals surface area contributed by atoms with E-state index in [0.717, 1.165) is 13.1 Å². The van der Waals surface area contributed by atoms with Gasteiger partial charge in [0.25, 0.3) is 5.69 Å². The Labute approximate surface area is 98.2 Å². The third-order valence-corrected chi connectivity index (χ3v) is 3.13. The van der Waals surface area contributed by atoms with E-state index in [1.54, 1.807) is 12.1 Å². The average molecular weight is 242 g/mol. The number of hydrogen-bond donors (Lipinski definition) is 1. The molecule has 0 aromatic heterocycles. The lowest BCUT2D eigenvalue weighted by Crippen LogP contribution is -2.56. The standard InChI is InChI=1S/C10H12ClN3O2/c1-13(7-5-12-6-7)10-8(11)3-2-4-9(10)14(15)16/h2-4,7,12H,5-6H2,1H3. The number of rotatable bonds is 3. The molecule has 6 heteroatoms. The van der Waals surface area contributed by atoms with E-state index in [2.05, 4.69) is 5.32 Å². The second kappa shape index (κ2) is 4.27. The first-order valence-electron chi connectivity index (χ1n) is 4.97. The van der Waals surface area contributed by atoms with E-state index < -0.39 is 4.92 Å². The molecule has 86 valence electrons.